The number of hydrogen-bond acceptors (Lipinski definition) is 5. The first-order valence-corrected chi connectivity index (χ1v) is 8.94. The van der Waals surface area contributed by atoms with Crippen LogP contribution in [0.3, 0.4) is 0 Å². The van der Waals surface area contributed by atoms with Gasteiger partial charge in [0.1, 0.15) is 16.5 Å². The second-order valence-corrected chi connectivity index (χ2v) is 7.07. The third-order valence-electron chi connectivity index (χ3n) is 4.02. The number of phenols is 2. The Kier molecular flexibility index (Phi) is 4.14. The van der Waals surface area contributed by atoms with E-state index in [0.29, 0.717) is 5.56 Å². The van der Waals surface area contributed by atoms with Crippen LogP contribution in [-0.2, 0) is 0 Å². The SMILES string of the molecule is Cc1ccc2nc(-c3ccc(N=Cc4ccc(O)cc4O)cc3)sc2c1. The fraction of sp³-hybridized carbons (Fsp3) is 0.0476. The topological polar surface area (TPSA) is 65.7 Å². The predicted octanol–water partition coefficient (Wildman–Crippen LogP) is 5.43. The summed E-state index contributed by atoms with van der Waals surface area (Å²) >= 11 is 1.68. The van der Waals surface area contributed by atoms with Gasteiger partial charge in [-0.25, -0.2) is 4.98 Å². The summed E-state index contributed by atoms with van der Waals surface area (Å²) in [6.45, 7) is 2.08. The zero-order valence-corrected chi connectivity index (χ0v) is 14.9. The summed E-state index contributed by atoms with van der Waals surface area (Å²) in [5, 5.41) is 20.1. The minimum absolute atomic E-state index is 0.00450. The lowest BCUT2D eigenvalue weighted by molar-refractivity contribution is 0.450. The maximum absolute atomic E-state index is 9.79. The highest BCUT2D eigenvalue weighted by Gasteiger charge is 2.06. The average Bonchev–Trinajstić information content (AvgIpc) is 3.04. The van der Waals surface area contributed by atoms with Gasteiger partial charge in [-0.05, 0) is 61.0 Å². The van der Waals surface area contributed by atoms with Crippen LogP contribution >= 0.6 is 11.3 Å². The third kappa shape index (κ3) is 3.30. The van der Waals surface area contributed by atoms with Crippen molar-refractivity contribution < 1.29 is 10.2 Å². The van der Waals surface area contributed by atoms with E-state index in [1.54, 1.807) is 23.6 Å². The van der Waals surface area contributed by atoms with Gasteiger partial charge in [0.05, 0.1) is 15.9 Å². The van der Waals surface area contributed by atoms with Gasteiger partial charge in [-0.15, -0.1) is 11.3 Å². The van der Waals surface area contributed by atoms with Crippen LogP contribution in [0.4, 0.5) is 5.69 Å². The lowest BCUT2D eigenvalue weighted by Crippen LogP contribution is -1.81. The molecule has 0 saturated carbocycles. The van der Waals surface area contributed by atoms with E-state index in [1.165, 1.54) is 22.4 Å². The average molecular weight is 360 g/mol. The van der Waals surface area contributed by atoms with Gasteiger partial charge in [0.15, 0.2) is 0 Å². The van der Waals surface area contributed by atoms with Crippen LogP contribution in [0.1, 0.15) is 11.1 Å². The van der Waals surface area contributed by atoms with Gasteiger partial charge < -0.3 is 10.2 Å². The molecule has 1 heterocycles. The lowest BCUT2D eigenvalue weighted by Gasteiger charge is -2.00. The van der Waals surface area contributed by atoms with E-state index in [9.17, 15) is 10.2 Å². The molecule has 5 heteroatoms. The summed E-state index contributed by atoms with van der Waals surface area (Å²) in [4.78, 5) is 9.06. The van der Waals surface area contributed by atoms with E-state index in [-0.39, 0.29) is 11.5 Å². The van der Waals surface area contributed by atoms with Crippen molar-refractivity contribution in [3.63, 3.8) is 0 Å². The Morgan fingerprint density at radius 3 is 2.54 bits per heavy atom. The van der Waals surface area contributed by atoms with Crippen molar-refractivity contribution in [1.29, 1.82) is 0 Å². The smallest absolute Gasteiger partial charge is 0.128 e. The van der Waals surface area contributed by atoms with E-state index < -0.39 is 0 Å². The lowest BCUT2D eigenvalue weighted by atomic mass is 10.2. The molecule has 0 fully saturated rings. The summed E-state index contributed by atoms with van der Waals surface area (Å²) < 4.78 is 1.19. The molecule has 0 spiro atoms. The molecule has 2 N–H and O–H groups in total. The molecular weight excluding hydrogens is 344 g/mol. The van der Waals surface area contributed by atoms with Crippen molar-refractivity contribution in [2.75, 3.05) is 0 Å². The molecule has 0 atom stereocenters. The van der Waals surface area contributed by atoms with E-state index in [1.807, 2.05) is 30.3 Å². The van der Waals surface area contributed by atoms with Crippen molar-refractivity contribution in [2.45, 2.75) is 6.92 Å². The minimum atomic E-state index is -0.00450. The van der Waals surface area contributed by atoms with Gasteiger partial charge in [0.25, 0.3) is 0 Å². The maximum Gasteiger partial charge on any atom is 0.128 e. The van der Waals surface area contributed by atoms with Crippen molar-refractivity contribution in [3.05, 3.63) is 71.8 Å². The highest BCUT2D eigenvalue weighted by Crippen LogP contribution is 2.31. The van der Waals surface area contributed by atoms with Crippen LogP contribution in [0.5, 0.6) is 11.5 Å². The second-order valence-electron chi connectivity index (χ2n) is 6.04. The number of thiazole rings is 1. The number of fused-ring (bicyclic) bond motifs is 1. The Balaban J connectivity index is 1.58. The van der Waals surface area contributed by atoms with Crippen molar-refractivity contribution >= 4 is 33.5 Å². The molecule has 4 aromatic rings. The quantitative estimate of drug-likeness (QED) is 0.479. The fourth-order valence-electron chi connectivity index (χ4n) is 2.63. The molecule has 0 amide bonds. The number of aromatic hydroxyl groups is 2. The van der Waals surface area contributed by atoms with Gasteiger partial charge in [0.2, 0.25) is 0 Å². The number of aliphatic imine (C=N–C) groups is 1. The monoisotopic (exact) mass is 360 g/mol. The molecule has 4 nitrogen and oxygen atoms in total. The van der Waals surface area contributed by atoms with E-state index in [4.69, 9.17) is 4.98 Å². The molecule has 3 aromatic carbocycles. The summed E-state index contributed by atoms with van der Waals surface area (Å²) in [6, 6.07) is 18.5. The molecule has 0 aliphatic rings. The second kappa shape index (κ2) is 6.61. The zero-order valence-electron chi connectivity index (χ0n) is 14.0. The molecule has 0 aliphatic carbocycles. The normalized spacial score (nSPS) is 11.4. The zero-order chi connectivity index (χ0) is 18.1. The number of aromatic nitrogens is 1. The van der Waals surface area contributed by atoms with Crippen LogP contribution in [0, 0.1) is 6.92 Å². The third-order valence-corrected chi connectivity index (χ3v) is 5.09. The molecule has 0 unspecified atom stereocenters. The molecule has 0 aliphatic heterocycles. The van der Waals surface area contributed by atoms with Gasteiger partial charge in [-0.1, -0.05) is 6.07 Å². The van der Waals surface area contributed by atoms with E-state index in [0.717, 1.165) is 21.8 Å². The Bertz CT molecular complexity index is 1110. The fourth-order valence-corrected chi connectivity index (χ4v) is 3.70. The van der Waals surface area contributed by atoms with Gasteiger partial charge >= 0.3 is 0 Å². The number of hydrogen-bond donors (Lipinski definition) is 2. The van der Waals surface area contributed by atoms with Gasteiger partial charge in [-0.2, -0.15) is 0 Å². The number of phenolic OH excluding ortho intramolecular Hbond substituents is 2. The summed E-state index contributed by atoms with van der Waals surface area (Å²) in [7, 11) is 0. The minimum Gasteiger partial charge on any atom is -0.508 e. The molecule has 26 heavy (non-hydrogen) atoms. The number of nitrogens with zero attached hydrogens (tertiary/aromatic N) is 2. The largest absolute Gasteiger partial charge is 0.508 e. The maximum atomic E-state index is 9.79. The van der Waals surface area contributed by atoms with E-state index in [2.05, 4.69) is 24.0 Å². The van der Waals surface area contributed by atoms with Gasteiger partial charge in [-0.3, -0.25) is 4.99 Å². The van der Waals surface area contributed by atoms with Gasteiger partial charge in [0, 0.05) is 23.4 Å². The van der Waals surface area contributed by atoms with Crippen molar-refractivity contribution in [1.82, 2.24) is 4.98 Å². The predicted molar refractivity (Wildman–Crippen MR) is 107 cm³/mol. The number of aryl methyl sites for hydroxylation is 1. The van der Waals surface area contributed by atoms with Crippen LogP contribution in [0.15, 0.2) is 65.7 Å². The van der Waals surface area contributed by atoms with Crippen LogP contribution in [-0.4, -0.2) is 21.4 Å². The Hall–Kier alpha value is -3.18. The van der Waals surface area contributed by atoms with Crippen LogP contribution in [0.25, 0.3) is 20.8 Å². The first-order valence-electron chi connectivity index (χ1n) is 8.12. The number of benzene rings is 3. The molecule has 128 valence electrons. The highest BCUT2D eigenvalue weighted by molar-refractivity contribution is 7.21. The molecule has 0 radical (unpaired) electrons. The molecule has 0 saturated heterocycles. The van der Waals surface area contributed by atoms with Crippen molar-refractivity contribution in [3.8, 4) is 22.1 Å². The molecule has 4 rings (SSSR count). The first kappa shape index (κ1) is 16.3. The summed E-state index contributed by atoms with van der Waals surface area (Å²) in [5.74, 6) is 0.0187. The summed E-state index contributed by atoms with van der Waals surface area (Å²) in [5.41, 5.74) is 4.62. The Morgan fingerprint density at radius 2 is 1.77 bits per heavy atom. The Labute approximate surface area is 154 Å². The molecule has 1 aromatic heterocycles. The first-order chi connectivity index (χ1) is 12.6. The number of rotatable bonds is 3. The summed E-state index contributed by atoms with van der Waals surface area (Å²) in [6.07, 6.45) is 1.57. The molecule has 0 bridgehead atoms. The highest BCUT2D eigenvalue weighted by atomic mass is 32.1. The molecular formula is C21H16N2O2S. The van der Waals surface area contributed by atoms with Crippen LogP contribution < -0.4 is 0 Å². The van der Waals surface area contributed by atoms with Crippen molar-refractivity contribution in [2.24, 2.45) is 4.99 Å². The Morgan fingerprint density at radius 1 is 0.962 bits per heavy atom. The standard InChI is InChI=1S/C21H16N2O2S/c1-13-2-9-18-20(10-13)26-21(23-18)14-3-6-16(7-4-14)22-12-15-5-8-17(24)11-19(15)25/h2-12,24-25H,1H3. The van der Waals surface area contributed by atoms with Crippen LogP contribution in [0.2, 0.25) is 0 Å². The van der Waals surface area contributed by atoms with E-state index >= 15 is 0 Å².